The number of aryl methyl sites for hydroxylation is 1. The molecule has 0 saturated heterocycles. The van der Waals surface area contributed by atoms with Crippen LogP contribution in [0.1, 0.15) is 29.0 Å². The molecule has 1 aliphatic rings. The van der Waals surface area contributed by atoms with Gasteiger partial charge in [-0.25, -0.2) is 9.07 Å². The van der Waals surface area contributed by atoms with Crippen LogP contribution in [0.2, 0.25) is 0 Å². The van der Waals surface area contributed by atoms with Crippen molar-refractivity contribution in [3.8, 4) is 11.4 Å². The Labute approximate surface area is 166 Å². The Morgan fingerprint density at radius 1 is 1.21 bits per heavy atom. The summed E-state index contributed by atoms with van der Waals surface area (Å²) in [5.74, 6) is 1.40. The monoisotopic (exact) mass is 397 g/mol. The SMILES string of the molecule is CCOc1ccc([C@@H]2SCC(=O)Nc3c2c(C)nn3-c2ccc(F)cc2)cc1. The molecule has 0 saturated carbocycles. The third kappa shape index (κ3) is 3.49. The van der Waals surface area contributed by atoms with Gasteiger partial charge in [0, 0.05) is 5.56 Å². The summed E-state index contributed by atoms with van der Waals surface area (Å²) in [4.78, 5) is 12.4. The lowest BCUT2D eigenvalue weighted by molar-refractivity contribution is -0.113. The van der Waals surface area contributed by atoms with E-state index in [1.165, 1.54) is 12.1 Å². The second kappa shape index (κ2) is 7.67. The first-order valence-corrected chi connectivity index (χ1v) is 10.1. The van der Waals surface area contributed by atoms with Gasteiger partial charge in [-0.1, -0.05) is 12.1 Å². The maximum absolute atomic E-state index is 13.3. The summed E-state index contributed by atoms with van der Waals surface area (Å²) in [5, 5.41) is 7.57. The fourth-order valence-corrected chi connectivity index (χ4v) is 4.51. The number of rotatable bonds is 4. The summed E-state index contributed by atoms with van der Waals surface area (Å²) in [6.45, 7) is 4.49. The summed E-state index contributed by atoms with van der Waals surface area (Å²) < 4.78 is 20.5. The van der Waals surface area contributed by atoms with Gasteiger partial charge in [-0.05, 0) is 55.8 Å². The molecule has 1 aromatic heterocycles. The van der Waals surface area contributed by atoms with Crippen LogP contribution in [-0.4, -0.2) is 28.0 Å². The predicted octanol–water partition coefficient (Wildman–Crippen LogP) is 4.49. The highest BCUT2D eigenvalue weighted by molar-refractivity contribution is 8.00. The number of nitrogens with zero attached hydrogens (tertiary/aromatic N) is 2. The van der Waals surface area contributed by atoms with Gasteiger partial charge < -0.3 is 10.1 Å². The van der Waals surface area contributed by atoms with Gasteiger partial charge in [0.2, 0.25) is 5.91 Å². The van der Waals surface area contributed by atoms with Crippen molar-refractivity contribution in [3.63, 3.8) is 0 Å². The minimum atomic E-state index is -0.314. The first-order valence-electron chi connectivity index (χ1n) is 9.06. The molecule has 4 rings (SSSR count). The quantitative estimate of drug-likeness (QED) is 0.705. The summed E-state index contributed by atoms with van der Waals surface area (Å²) in [6, 6.07) is 14.0. The molecule has 144 valence electrons. The van der Waals surface area contributed by atoms with Gasteiger partial charge in [0.15, 0.2) is 0 Å². The second-order valence-corrected chi connectivity index (χ2v) is 7.57. The molecule has 1 aliphatic heterocycles. The van der Waals surface area contributed by atoms with Crippen molar-refractivity contribution in [2.45, 2.75) is 19.1 Å². The van der Waals surface area contributed by atoms with E-state index < -0.39 is 0 Å². The number of hydrogen-bond acceptors (Lipinski definition) is 4. The van der Waals surface area contributed by atoms with Gasteiger partial charge in [0.1, 0.15) is 17.4 Å². The summed E-state index contributed by atoms with van der Waals surface area (Å²) in [5.41, 5.74) is 3.56. The number of benzene rings is 2. The van der Waals surface area contributed by atoms with Crippen LogP contribution in [-0.2, 0) is 4.79 Å². The number of thioether (sulfide) groups is 1. The van der Waals surface area contributed by atoms with E-state index in [2.05, 4.69) is 10.4 Å². The molecular weight excluding hydrogens is 377 g/mol. The Morgan fingerprint density at radius 2 is 1.93 bits per heavy atom. The molecule has 0 bridgehead atoms. The molecule has 7 heteroatoms. The van der Waals surface area contributed by atoms with Crippen LogP contribution < -0.4 is 10.1 Å². The van der Waals surface area contributed by atoms with E-state index in [-0.39, 0.29) is 17.0 Å². The highest BCUT2D eigenvalue weighted by atomic mass is 32.2. The lowest BCUT2D eigenvalue weighted by atomic mass is 10.0. The average Bonchev–Trinajstić information content (AvgIpc) is 2.89. The van der Waals surface area contributed by atoms with E-state index >= 15 is 0 Å². The Balaban J connectivity index is 1.80. The topological polar surface area (TPSA) is 56.1 Å². The van der Waals surface area contributed by atoms with Gasteiger partial charge in [0.25, 0.3) is 0 Å². The van der Waals surface area contributed by atoms with Crippen molar-refractivity contribution in [1.29, 1.82) is 0 Å². The molecule has 2 aromatic carbocycles. The Hall–Kier alpha value is -2.80. The van der Waals surface area contributed by atoms with Gasteiger partial charge >= 0.3 is 0 Å². The van der Waals surface area contributed by atoms with Crippen LogP contribution in [0, 0.1) is 12.7 Å². The maximum Gasteiger partial charge on any atom is 0.235 e. The number of halogens is 1. The number of fused-ring (bicyclic) bond motifs is 1. The van der Waals surface area contributed by atoms with Crippen molar-refractivity contribution in [2.75, 3.05) is 17.7 Å². The molecule has 0 spiro atoms. The Morgan fingerprint density at radius 3 is 2.61 bits per heavy atom. The summed E-state index contributed by atoms with van der Waals surface area (Å²) in [6.07, 6.45) is 0. The largest absolute Gasteiger partial charge is 0.494 e. The van der Waals surface area contributed by atoms with Crippen molar-refractivity contribution in [3.05, 3.63) is 71.2 Å². The maximum atomic E-state index is 13.3. The lowest BCUT2D eigenvalue weighted by Crippen LogP contribution is -2.15. The minimum absolute atomic E-state index is 0.0428. The van der Waals surface area contributed by atoms with Crippen molar-refractivity contribution in [2.24, 2.45) is 0 Å². The lowest BCUT2D eigenvalue weighted by Gasteiger charge is -2.16. The smallest absolute Gasteiger partial charge is 0.235 e. The molecule has 2 heterocycles. The number of aromatic nitrogens is 2. The molecule has 1 amide bonds. The fourth-order valence-electron chi connectivity index (χ4n) is 3.32. The second-order valence-electron chi connectivity index (χ2n) is 6.48. The number of amides is 1. The van der Waals surface area contributed by atoms with E-state index in [0.29, 0.717) is 23.9 Å². The van der Waals surface area contributed by atoms with Gasteiger partial charge in [0.05, 0.1) is 29.0 Å². The molecule has 1 atom stereocenters. The van der Waals surface area contributed by atoms with E-state index in [0.717, 1.165) is 22.6 Å². The standard InChI is InChI=1S/C21H20FN3O2S/c1-3-27-17-10-4-14(5-11-17)20-19-13(2)24-25(16-8-6-15(22)7-9-16)21(19)23-18(26)12-28-20/h4-11,20H,3,12H2,1-2H3,(H,23,26)/t20-/m0/s1. The number of anilines is 1. The number of carbonyl (C=O) groups is 1. The summed E-state index contributed by atoms with van der Waals surface area (Å²) >= 11 is 1.57. The van der Waals surface area contributed by atoms with Crippen LogP contribution in [0.15, 0.2) is 48.5 Å². The van der Waals surface area contributed by atoms with Crippen LogP contribution in [0.25, 0.3) is 5.69 Å². The number of hydrogen-bond donors (Lipinski definition) is 1. The molecule has 0 aliphatic carbocycles. The molecular formula is C21H20FN3O2S. The van der Waals surface area contributed by atoms with Crippen LogP contribution >= 0.6 is 11.8 Å². The first-order chi connectivity index (χ1) is 13.6. The average molecular weight is 397 g/mol. The van der Waals surface area contributed by atoms with Crippen LogP contribution in [0.5, 0.6) is 5.75 Å². The van der Waals surface area contributed by atoms with Crippen molar-refractivity contribution in [1.82, 2.24) is 9.78 Å². The summed E-state index contributed by atoms with van der Waals surface area (Å²) in [7, 11) is 0. The van der Waals surface area contributed by atoms with Crippen LogP contribution in [0.4, 0.5) is 10.2 Å². The molecule has 0 radical (unpaired) electrons. The highest BCUT2D eigenvalue weighted by Gasteiger charge is 2.30. The van der Waals surface area contributed by atoms with Gasteiger partial charge in [-0.3, -0.25) is 4.79 Å². The zero-order valence-electron chi connectivity index (χ0n) is 15.6. The number of nitrogens with one attached hydrogen (secondary N) is 1. The fraction of sp³-hybridized carbons (Fsp3) is 0.238. The zero-order chi connectivity index (χ0) is 19.7. The van der Waals surface area contributed by atoms with E-state index in [4.69, 9.17) is 4.74 Å². The van der Waals surface area contributed by atoms with Crippen LogP contribution in [0.3, 0.4) is 0 Å². The third-order valence-corrected chi connectivity index (χ3v) is 5.84. The number of ether oxygens (including phenoxy) is 1. The molecule has 28 heavy (non-hydrogen) atoms. The molecule has 0 fully saturated rings. The van der Waals surface area contributed by atoms with E-state index in [9.17, 15) is 9.18 Å². The predicted molar refractivity (Wildman–Crippen MR) is 109 cm³/mol. The molecule has 5 nitrogen and oxygen atoms in total. The van der Waals surface area contributed by atoms with E-state index in [1.54, 1.807) is 28.6 Å². The molecule has 3 aromatic rings. The Bertz CT molecular complexity index is 1000. The third-order valence-electron chi connectivity index (χ3n) is 4.57. The van der Waals surface area contributed by atoms with Crippen molar-refractivity contribution < 1.29 is 13.9 Å². The highest BCUT2D eigenvalue weighted by Crippen LogP contribution is 2.44. The van der Waals surface area contributed by atoms with Gasteiger partial charge in [-0.2, -0.15) is 5.10 Å². The van der Waals surface area contributed by atoms with Crippen molar-refractivity contribution >= 4 is 23.5 Å². The minimum Gasteiger partial charge on any atom is -0.494 e. The van der Waals surface area contributed by atoms with E-state index in [1.807, 2.05) is 38.1 Å². The molecule has 0 unspecified atom stereocenters. The normalized spacial score (nSPS) is 16.2. The molecule has 1 N–H and O–H groups in total. The zero-order valence-corrected chi connectivity index (χ0v) is 16.4. The number of carbonyl (C=O) groups excluding carboxylic acids is 1. The first kappa shape index (κ1) is 18.6. The Kier molecular flexibility index (Phi) is 5.09. The van der Waals surface area contributed by atoms with Gasteiger partial charge in [-0.15, -0.1) is 11.8 Å².